The first-order chi connectivity index (χ1) is 8.18. The first kappa shape index (κ1) is 11.3. The predicted octanol–water partition coefficient (Wildman–Crippen LogP) is 2.83. The number of carbonyl (C=O) groups is 1. The SMILES string of the molecule is Nc1ccccc1C(=O)Cc1ccccc1F. The van der Waals surface area contributed by atoms with E-state index in [1.807, 2.05) is 0 Å². The summed E-state index contributed by atoms with van der Waals surface area (Å²) in [7, 11) is 0. The van der Waals surface area contributed by atoms with Gasteiger partial charge in [-0.2, -0.15) is 0 Å². The van der Waals surface area contributed by atoms with Crippen molar-refractivity contribution in [3.63, 3.8) is 0 Å². The number of hydrogen-bond acceptors (Lipinski definition) is 2. The maximum absolute atomic E-state index is 13.4. The number of Topliss-reactive ketones (excluding diaryl/α,β-unsaturated/α-hetero) is 1. The summed E-state index contributed by atoms with van der Waals surface area (Å²) in [6, 6.07) is 13.1. The molecule has 2 N–H and O–H groups in total. The van der Waals surface area contributed by atoms with Gasteiger partial charge in [0, 0.05) is 17.7 Å². The van der Waals surface area contributed by atoms with Crippen molar-refractivity contribution in [2.45, 2.75) is 6.42 Å². The van der Waals surface area contributed by atoms with E-state index in [1.54, 1.807) is 42.5 Å². The summed E-state index contributed by atoms with van der Waals surface area (Å²) in [4.78, 5) is 11.9. The fourth-order valence-corrected chi connectivity index (χ4v) is 1.66. The van der Waals surface area contributed by atoms with Gasteiger partial charge in [-0.25, -0.2) is 4.39 Å². The zero-order valence-electron chi connectivity index (χ0n) is 9.19. The Bertz CT molecular complexity index is 551. The monoisotopic (exact) mass is 229 g/mol. The van der Waals surface area contributed by atoms with Gasteiger partial charge in [-0.15, -0.1) is 0 Å². The number of halogens is 1. The minimum Gasteiger partial charge on any atom is -0.398 e. The van der Waals surface area contributed by atoms with Gasteiger partial charge in [0.1, 0.15) is 5.82 Å². The molecule has 0 saturated carbocycles. The third-order valence-corrected chi connectivity index (χ3v) is 2.57. The molecule has 0 amide bonds. The second-order valence-corrected chi connectivity index (χ2v) is 3.78. The van der Waals surface area contributed by atoms with E-state index in [4.69, 9.17) is 5.73 Å². The summed E-state index contributed by atoms with van der Waals surface area (Å²) in [5, 5.41) is 0. The third-order valence-electron chi connectivity index (χ3n) is 2.57. The number of rotatable bonds is 3. The quantitative estimate of drug-likeness (QED) is 0.649. The molecule has 86 valence electrons. The molecule has 2 aromatic rings. The molecule has 0 fully saturated rings. The van der Waals surface area contributed by atoms with Gasteiger partial charge < -0.3 is 5.73 Å². The van der Waals surface area contributed by atoms with Crippen LogP contribution in [-0.4, -0.2) is 5.78 Å². The van der Waals surface area contributed by atoms with E-state index in [9.17, 15) is 9.18 Å². The fraction of sp³-hybridized carbons (Fsp3) is 0.0714. The lowest BCUT2D eigenvalue weighted by Crippen LogP contribution is -2.07. The molecule has 0 aliphatic rings. The van der Waals surface area contributed by atoms with Crippen molar-refractivity contribution in [3.05, 3.63) is 65.5 Å². The summed E-state index contributed by atoms with van der Waals surface area (Å²) >= 11 is 0. The molecule has 0 unspecified atom stereocenters. The van der Waals surface area contributed by atoms with E-state index in [1.165, 1.54) is 6.07 Å². The van der Waals surface area contributed by atoms with Gasteiger partial charge >= 0.3 is 0 Å². The highest BCUT2D eigenvalue weighted by Crippen LogP contribution is 2.15. The average molecular weight is 229 g/mol. The molecule has 0 atom stereocenters. The molecule has 0 spiro atoms. The zero-order valence-corrected chi connectivity index (χ0v) is 9.19. The Morgan fingerprint density at radius 2 is 1.71 bits per heavy atom. The predicted molar refractivity (Wildman–Crippen MR) is 65.3 cm³/mol. The van der Waals surface area contributed by atoms with Gasteiger partial charge in [-0.3, -0.25) is 4.79 Å². The van der Waals surface area contributed by atoms with E-state index < -0.39 is 0 Å². The number of nitrogen functional groups attached to an aromatic ring is 1. The van der Waals surface area contributed by atoms with Crippen LogP contribution >= 0.6 is 0 Å². The highest BCUT2D eigenvalue weighted by Gasteiger charge is 2.11. The van der Waals surface area contributed by atoms with Crippen LogP contribution in [0.4, 0.5) is 10.1 Å². The molecule has 0 bridgehead atoms. The summed E-state index contributed by atoms with van der Waals surface area (Å²) in [6.45, 7) is 0. The number of anilines is 1. The summed E-state index contributed by atoms with van der Waals surface area (Å²) in [6.07, 6.45) is 0.0287. The Morgan fingerprint density at radius 1 is 1.06 bits per heavy atom. The summed E-state index contributed by atoms with van der Waals surface area (Å²) in [5.74, 6) is -0.538. The number of nitrogens with two attached hydrogens (primary N) is 1. The molecular formula is C14H12FNO. The summed E-state index contributed by atoms with van der Waals surface area (Å²) in [5.41, 5.74) is 6.95. The lowest BCUT2D eigenvalue weighted by molar-refractivity contribution is 0.0992. The molecule has 0 heterocycles. The van der Waals surface area contributed by atoms with Gasteiger partial charge in [-0.1, -0.05) is 30.3 Å². The van der Waals surface area contributed by atoms with Crippen LogP contribution in [0.25, 0.3) is 0 Å². The van der Waals surface area contributed by atoms with Crippen LogP contribution in [0.2, 0.25) is 0 Å². The van der Waals surface area contributed by atoms with Crippen LogP contribution in [0.15, 0.2) is 48.5 Å². The van der Waals surface area contributed by atoms with Crippen molar-refractivity contribution >= 4 is 11.5 Å². The van der Waals surface area contributed by atoms with Crippen LogP contribution < -0.4 is 5.73 Å². The van der Waals surface area contributed by atoms with E-state index in [0.29, 0.717) is 16.8 Å². The molecule has 0 radical (unpaired) electrons. The lowest BCUT2D eigenvalue weighted by Gasteiger charge is -2.05. The third kappa shape index (κ3) is 2.50. The van der Waals surface area contributed by atoms with Crippen molar-refractivity contribution in [2.75, 3.05) is 5.73 Å². The average Bonchev–Trinajstić information content (AvgIpc) is 2.32. The highest BCUT2D eigenvalue weighted by molar-refractivity contribution is 6.01. The molecule has 2 rings (SSSR count). The molecule has 0 aromatic heterocycles. The van der Waals surface area contributed by atoms with Crippen LogP contribution in [0.3, 0.4) is 0 Å². The van der Waals surface area contributed by atoms with Gasteiger partial charge in [0.15, 0.2) is 5.78 Å². The molecule has 0 saturated heterocycles. The minimum absolute atomic E-state index is 0.0287. The van der Waals surface area contributed by atoms with Crippen LogP contribution in [0.5, 0.6) is 0 Å². The molecule has 17 heavy (non-hydrogen) atoms. The van der Waals surface area contributed by atoms with Crippen LogP contribution in [0, 0.1) is 5.82 Å². The van der Waals surface area contributed by atoms with Gasteiger partial charge in [0.2, 0.25) is 0 Å². The number of carbonyl (C=O) groups excluding carboxylic acids is 1. The van der Waals surface area contributed by atoms with Gasteiger partial charge in [0.05, 0.1) is 0 Å². The second-order valence-electron chi connectivity index (χ2n) is 3.78. The lowest BCUT2D eigenvalue weighted by atomic mass is 10.0. The van der Waals surface area contributed by atoms with Crippen molar-refractivity contribution in [2.24, 2.45) is 0 Å². The Balaban J connectivity index is 2.24. The maximum atomic E-state index is 13.4. The van der Waals surface area contributed by atoms with Gasteiger partial charge in [0.25, 0.3) is 0 Å². The first-order valence-electron chi connectivity index (χ1n) is 5.29. The first-order valence-corrected chi connectivity index (χ1v) is 5.29. The molecule has 0 aliphatic heterocycles. The van der Waals surface area contributed by atoms with Crippen LogP contribution in [0.1, 0.15) is 15.9 Å². The second kappa shape index (κ2) is 4.78. The van der Waals surface area contributed by atoms with Crippen molar-refractivity contribution in [3.8, 4) is 0 Å². The Labute approximate surface area is 98.9 Å². The van der Waals surface area contributed by atoms with Crippen molar-refractivity contribution in [1.82, 2.24) is 0 Å². The standard InChI is InChI=1S/C14H12FNO/c15-12-7-3-1-5-10(12)9-14(17)11-6-2-4-8-13(11)16/h1-8H,9,16H2. The van der Waals surface area contributed by atoms with E-state index in [0.717, 1.165) is 0 Å². The van der Waals surface area contributed by atoms with Crippen molar-refractivity contribution < 1.29 is 9.18 Å². The van der Waals surface area contributed by atoms with E-state index in [-0.39, 0.29) is 18.0 Å². The molecule has 0 aliphatic carbocycles. The fourth-order valence-electron chi connectivity index (χ4n) is 1.66. The number of benzene rings is 2. The Morgan fingerprint density at radius 3 is 2.41 bits per heavy atom. The topological polar surface area (TPSA) is 43.1 Å². The largest absolute Gasteiger partial charge is 0.398 e. The highest BCUT2D eigenvalue weighted by atomic mass is 19.1. The molecule has 2 aromatic carbocycles. The van der Waals surface area contributed by atoms with E-state index in [2.05, 4.69) is 0 Å². The maximum Gasteiger partial charge on any atom is 0.169 e. The van der Waals surface area contributed by atoms with Crippen LogP contribution in [-0.2, 0) is 6.42 Å². The Kier molecular flexibility index (Phi) is 3.19. The minimum atomic E-state index is -0.365. The molecular weight excluding hydrogens is 217 g/mol. The number of para-hydroxylation sites is 1. The van der Waals surface area contributed by atoms with Gasteiger partial charge in [-0.05, 0) is 23.8 Å². The summed E-state index contributed by atoms with van der Waals surface area (Å²) < 4.78 is 13.4. The zero-order chi connectivity index (χ0) is 12.3. The molecule has 3 heteroatoms. The normalized spacial score (nSPS) is 10.2. The smallest absolute Gasteiger partial charge is 0.169 e. The van der Waals surface area contributed by atoms with E-state index >= 15 is 0 Å². The number of hydrogen-bond donors (Lipinski definition) is 1. The molecule has 2 nitrogen and oxygen atoms in total. The number of ketones is 1. The van der Waals surface area contributed by atoms with Crippen molar-refractivity contribution in [1.29, 1.82) is 0 Å². The Hall–Kier alpha value is -2.16.